The molecule has 0 saturated heterocycles. The van der Waals surface area contributed by atoms with Gasteiger partial charge < -0.3 is 11.1 Å². The van der Waals surface area contributed by atoms with Crippen LogP contribution in [0.15, 0.2) is 22.7 Å². The van der Waals surface area contributed by atoms with Gasteiger partial charge in [0.2, 0.25) is 5.91 Å². The van der Waals surface area contributed by atoms with Crippen molar-refractivity contribution in [3.05, 3.63) is 31.8 Å². The SMILES string of the molecule is CC(CC(N)=O)NC(=O)c1cc(I)ccc1Br. The van der Waals surface area contributed by atoms with Crippen LogP contribution in [0, 0.1) is 3.57 Å². The maximum absolute atomic E-state index is 11.9. The van der Waals surface area contributed by atoms with E-state index in [-0.39, 0.29) is 18.4 Å². The third-order valence-corrected chi connectivity index (χ3v) is 3.42. The van der Waals surface area contributed by atoms with Crippen molar-refractivity contribution in [2.24, 2.45) is 5.73 Å². The summed E-state index contributed by atoms with van der Waals surface area (Å²) in [6.07, 6.45) is 0.132. The summed E-state index contributed by atoms with van der Waals surface area (Å²) in [5.74, 6) is -0.649. The molecule has 1 aromatic rings. The molecule has 1 atom stereocenters. The highest BCUT2D eigenvalue weighted by atomic mass is 127. The van der Waals surface area contributed by atoms with E-state index in [1.165, 1.54) is 0 Å². The highest BCUT2D eigenvalue weighted by Gasteiger charge is 2.14. The van der Waals surface area contributed by atoms with Crippen LogP contribution in [0.4, 0.5) is 0 Å². The molecule has 0 fully saturated rings. The number of carbonyl (C=O) groups is 2. The van der Waals surface area contributed by atoms with E-state index in [1.807, 2.05) is 12.1 Å². The summed E-state index contributed by atoms with van der Waals surface area (Å²) in [7, 11) is 0. The van der Waals surface area contributed by atoms with Gasteiger partial charge in [-0.05, 0) is 63.6 Å². The van der Waals surface area contributed by atoms with E-state index in [2.05, 4.69) is 43.8 Å². The zero-order valence-electron chi connectivity index (χ0n) is 9.17. The first-order valence-electron chi connectivity index (χ1n) is 4.94. The monoisotopic (exact) mass is 410 g/mol. The lowest BCUT2D eigenvalue weighted by Crippen LogP contribution is -2.35. The summed E-state index contributed by atoms with van der Waals surface area (Å²) in [6, 6.07) is 5.21. The van der Waals surface area contributed by atoms with Crippen molar-refractivity contribution < 1.29 is 9.59 Å². The first kappa shape index (κ1) is 14.4. The Morgan fingerprint density at radius 2 is 2.18 bits per heavy atom. The van der Waals surface area contributed by atoms with E-state index in [9.17, 15) is 9.59 Å². The van der Waals surface area contributed by atoms with Crippen LogP contribution in [0.1, 0.15) is 23.7 Å². The van der Waals surface area contributed by atoms with Crippen LogP contribution < -0.4 is 11.1 Å². The minimum Gasteiger partial charge on any atom is -0.370 e. The number of nitrogens with one attached hydrogen (secondary N) is 1. The first-order chi connectivity index (χ1) is 7.90. The standard InChI is InChI=1S/C11H12BrIN2O2/c1-6(4-10(14)16)15-11(17)8-5-7(13)2-3-9(8)12/h2-3,5-6H,4H2,1H3,(H2,14,16)(H,15,17). The predicted octanol–water partition coefficient (Wildman–Crippen LogP) is 2.05. The van der Waals surface area contributed by atoms with E-state index >= 15 is 0 Å². The average molecular weight is 411 g/mol. The second-order valence-electron chi connectivity index (χ2n) is 3.67. The maximum atomic E-state index is 11.9. The molecular formula is C11H12BrIN2O2. The van der Waals surface area contributed by atoms with Gasteiger partial charge in [0, 0.05) is 20.5 Å². The van der Waals surface area contributed by atoms with Crippen LogP contribution in [0.25, 0.3) is 0 Å². The van der Waals surface area contributed by atoms with Crippen molar-refractivity contribution in [2.45, 2.75) is 19.4 Å². The van der Waals surface area contributed by atoms with E-state index in [0.29, 0.717) is 5.56 Å². The molecule has 1 unspecified atom stereocenters. The van der Waals surface area contributed by atoms with Crippen molar-refractivity contribution in [3.63, 3.8) is 0 Å². The molecular weight excluding hydrogens is 399 g/mol. The molecule has 1 rings (SSSR count). The average Bonchev–Trinajstić information content (AvgIpc) is 2.20. The van der Waals surface area contributed by atoms with Crippen LogP contribution in [0.3, 0.4) is 0 Å². The molecule has 0 aliphatic carbocycles. The molecule has 92 valence electrons. The van der Waals surface area contributed by atoms with Gasteiger partial charge >= 0.3 is 0 Å². The molecule has 2 amide bonds. The lowest BCUT2D eigenvalue weighted by Gasteiger charge is -2.13. The van der Waals surface area contributed by atoms with Gasteiger partial charge in [0.05, 0.1) is 5.56 Å². The van der Waals surface area contributed by atoms with Gasteiger partial charge in [0.1, 0.15) is 0 Å². The number of rotatable bonds is 4. The van der Waals surface area contributed by atoms with Crippen LogP contribution in [0.5, 0.6) is 0 Å². The summed E-state index contributed by atoms with van der Waals surface area (Å²) >= 11 is 5.45. The Morgan fingerprint density at radius 1 is 1.53 bits per heavy atom. The van der Waals surface area contributed by atoms with Crippen molar-refractivity contribution in [3.8, 4) is 0 Å². The van der Waals surface area contributed by atoms with Gasteiger partial charge in [0.25, 0.3) is 5.91 Å². The third kappa shape index (κ3) is 4.63. The zero-order chi connectivity index (χ0) is 13.0. The Balaban J connectivity index is 2.76. The molecule has 0 aromatic heterocycles. The fourth-order valence-electron chi connectivity index (χ4n) is 1.33. The van der Waals surface area contributed by atoms with E-state index in [0.717, 1.165) is 8.04 Å². The minimum absolute atomic E-state index is 0.132. The lowest BCUT2D eigenvalue weighted by molar-refractivity contribution is -0.118. The molecule has 6 heteroatoms. The van der Waals surface area contributed by atoms with Crippen LogP contribution in [-0.2, 0) is 4.79 Å². The first-order valence-corrected chi connectivity index (χ1v) is 6.81. The fourth-order valence-corrected chi connectivity index (χ4v) is 2.24. The number of amides is 2. The van der Waals surface area contributed by atoms with Crippen LogP contribution in [-0.4, -0.2) is 17.9 Å². The summed E-state index contributed by atoms with van der Waals surface area (Å²) in [4.78, 5) is 22.6. The van der Waals surface area contributed by atoms with Gasteiger partial charge in [-0.1, -0.05) is 0 Å². The Kier molecular flexibility index (Phi) is 5.38. The second-order valence-corrected chi connectivity index (χ2v) is 5.77. The highest BCUT2D eigenvalue weighted by molar-refractivity contribution is 14.1. The number of hydrogen-bond donors (Lipinski definition) is 2. The molecule has 0 aliphatic rings. The second kappa shape index (κ2) is 6.34. The fraction of sp³-hybridized carbons (Fsp3) is 0.273. The van der Waals surface area contributed by atoms with Gasteiger partial charge in [0.15, 0.2) is 0 Å². The number of halogens is 2. The molecule has 0 saturated carbocycles. The van der Waals surface area contributed by atoms with Gasteiger partial charge in [-0.2, -0.15) is 0 Å². The molecule has 3 N–H and O–H groups in total. The molecule has 0 spiro atoms. The quantitative estimate of drug-likeness (QED) is 0.745. The number of carbonyl (C=O) groups excluding carboxylic acids is 2. The molecule has 0 aliphatic heterocycles. The smallest absolute Gasteiger partial charge is 0.252 e. The van der Waals surface area contributed by atoms with Gasteiger partial charge in [-0.25, -0.2) is 0 Å². The lowest BCUT2D eigenvalue weighted by atomic mass is 10.2. The number of benzene rings is 1. The summed E-state index contributed by atoms with van der Waals surface area (Å²) < 4.78 is 1.69. The minimum atomic E-state index is -0.431. The van der Waals surface area contributed by atoms with Crippen LogP contribution in [0.2, 0.25) is 0 Å². The van der Waals surface area contributed by atoms with E-state index in [4.69, 9.17) is 5.73 Å². The third-order valence-electron chi connectivity index (χ3n) is 2.06. The summed E-state index contributed by atoms with van der Waals surface area (Å²) in [5, 5.41) is 2.72. The van der Waals surface area contributed by atoms with Gasteiger partial charge in [-0.3, -0.25) is 9.59 Å². The predicted molar refractivity (Wildman–Crippen MR) is 77.6 cm³/mol. The molecule has 17 heavy (non-hydrogen) atoms. The molecule has 0 radical (unpaired) electrons. The summed E-state index contributed by atoms with van der Waals surface area (Å²) in [6.45, 7) is 1.74. The topological polar surface area (TPSA) is 72.2 Å². The Bertz CT molecular complexity index is 451. The molecule has 0 bridgehead atoms. The summed E-state index contributed by atoms with van der Waals surface area (Å²) in [5.41, 5.74) is 5.61. The van der Waals surface area contributed by atoms with Gasteiger partial charge in [-0.15, -0.1) is 0 Å². The van der Waals surface area contributed by atoms with E-state index < -0.39 is 5.91 Å². The number of primary amides is 1. The zero-order valence-corrected chi connectivity index (χ0v) is 12.9. The normalized spacial score (nSPS) is 11.9. The molecule has 1 aromatic carbocycles. The van der Waals surface area contributed by atoms with Crippen LogP contribution >= 0.6 is 38.5 Å². The Hall–Kier alpha value is -0.630. The maximum Gasteiger partial charge on any atom is 0.252 e. The number of hydrogen-bond acceptors (Lipinski definition) is 2. The largest absolute Gasteiger partial charge is 0.370 e. The van der Waals surface area contributed by atoms with Crippen molar-refractivity contribution in [1.29, 1.82) is 0 Å². The van der Waals surface area contributed by atoms with E-state index in [1.54, 1.807) is 13.0 Å². The van der Waals surface area contributed by atoms with Crippen molar-refractivity contribution >= 4 is 50.3 Å². The molecule has 4 nitrogen and oxygen atoms in total. The Labute approximate surface area is 122 Å². The van der Waals surface area contributed by atoms with Crippen molar-refractivity contribution in [1.82, 2.24) is 5.32 Å². The number of nitrogens with two attached hydrogens (primary N) is 1. The van der Waals surface area contributed by atoms with Crippen molar-refractivity contribution in [2.75, 3.05) is 0 Å². The highest BCUT2D eigenvalue weighted by Crippen LogP contribution is 2.19. The Morgan fingerprint density at radius 3 is 2.76 bits per heavy atom. The molecule has 0 heterocycles.